The van der Waals surface area contributed by atoms with Crippen molar-refractivity contribution in [2.75, 3.05) is 6.61 Å². The lowest BCUT2D eigenvalue weighted by atomic mass is 10.2. The van der Waals surface area contributed by atoms with Crippen LogP contribution in [0.1, 0.15) is 23.0 Å². The molecule has 1 aromatic rings. The average molecular weight is 221 g/mol. The molecular weight excluding hydrogens is 210 g/mol. The molecule has 6 heteroatoms. The van der Waals surface area contributed by atoms with E-state index in [4.69, 9.17) is 10.00 Å². The van der Waals surface area contributed by atoms with Crippen molar-refractivity contribution in [3.8, 4) is 6.07 Å². The topological polar surface area (TPSA) is 85.0 Å². The van der Waals surface area contributed by atoms with Crippen molar-refractivity contribution < 1.29 is 9.53 Å². The maximum Gasteiger partial charge on any atom is 0.343 e. The number of esters is 1. The largest absolute Gasteiger partial charge is 0.462 e. The fourth-order valence-corrected chi connectivity index (χ4v) is 1.20. The van der Waals surface area contributed by atoms with E-state index in [2.05, 4.69) is 5.10 Å². The van der Waals surface area contributed by atoms with E-state index in [9.17, 15) is 9.59 Å². The summed E-state index contributed by atoms with van der Waals surface area (Å²) in [5, 5.41) is 12.3. The zero-order valence-corrected chi connectivity index (χ0v) is 9.06. The summed E-state index contributed by atoms with van der Waals surface area (Å²) >= 11 is 0. The highest BCUT2D eigenvalue weighted by molar-refractivity contribution is 5.88. The Labute approximate surface area is 92.1 Å². The number of hydrogen-bond donors (Lipinski definition) is 0. The van der Waals surface area contributed by atoms with Gasteiger partial charge in [-0.3, -0.25) is 4.79 Å². The van der Waals surface area contributed by atoms with Crippen LogP contribution < -0.4 is 5.56 Å². The number of carbonyl (C=O) groups excluding carboxylic acids is 1. The lowest BCUT2D eigenvalue weighted by Gasteiger charge is -2.05. The second kappa shape index (κ2) is 5.07. The predicted molar refractivity (Wildman–Crippen MR) is 54.8 cm³/mol. The van der Waals surface area contributed by atoms with Crippen LogP contribution >= 0.6 is 0 Å². The Balaban J connectivity index is 3.25. The van der Waals surface area contributed by atoms with Crippen LogP contribution in [0.5, 0.6) is 0 Å². The molecular formula is C10H11N3O3. The first-order valence-corrected chi connectivity index (χ1v) is 4.73. The maximum atomic E-state index is 11.7. The molecule has 0 aliphatic heterocycles. The number of hydrogen-bond acceptors (Lipinski definition) is 5. The molecule has 0 fully saturated rings. The number of aromatic nitrogens is 2. The molecule has 0 spiro atoms. The van der Waals surface area contributed by atoms with Gasteiger partial charge in [0, 0.05) is 0 Å². The monoisotopic (exact) mass is 221 g/mol. The third-order valence-corrected chi connectivity index (χ3v) is 1.81. The van der Waals surface area contributed by atoms with Crippen LogP contribution in [0.15, 0.2) is 10.9 Å². The van der Waals surface area contributed by atoms with Crippen molar-refractivity contribution in [2.24, 2.45) is 0 Å². The summed E-state index contributed by atoms with van der Waals surface area (Å²) in [7, 11) is 0. The second-order valence-corrected chi connectivity index (χ2v) is 3.04. The van der Waals surface area contributed by atoms with Crippen LogP contribution in [-0.4, -0.2) is 22.4 Å². The van der Waals surface area contributed by atoms with Gasteiger partial charge in [0.15, 0.2) is 0 Å². The highest BCUT2D eigenvalue weighted by Gasteiger charge is 2.14. The summed E-state index contributed by atoms with van der Waals surface area (Å²) in [4.78, 5) is 23.1. The van der Waals surface area contributed by atoms with E-state index >= 15 is 0 Å². The molecule has 1 heterocycles. The number of aryl methyl sites for hydroxylation is 1. The molecule has 1 rings (SSSR count). The summed E-state index contributed by atoms with van der Waals surface area (Å²) in [6, 6.07) is 3.15. The third kappa shape index (κ3) is 2.45. The molecule has 0 aliphatic rings. The van der Waals surface area contributed by atoms with E-state index in [0.717, 1.165) is 4.68 Å². The van der Waals surface area contributed by atoms with E-state index in [1.807, 2.05) is 0 Å². The Kier molecular flexibility index (Phi) is 3.78. The van der Waals surface area contributed by atoms with E-state index in [1.54, 1.807) is 19.9 Å². The zero-order valence-electron chi connectivity index (χ0n) is 9.06. The van der Waals surface area contributed by atoms with Crippen molar-refractivity contribution in [3.63, 3.8) is 0 Å². The summed E-state index contributed by atoms with van der Waals surface area (Å²) in [5.41, 5.74) is -0.215. The Morgan fingerprint density at radius 1 is 1.69 bits per heavy atom. The van der Waals surface area contributed by atoms with Crippen LogP contribution in [0, 0.1) is 18.3 Å². The first-order valence-electron chi connectivity index (χ1n) is 4.73. The lowest BCUT2D eigenvalue weighted by molar-refractivity contribution is 0.0523. The van der Waals surface area contributed by atoms with E-state index in [0.29, 0.717) is 5.69 Å². The third-order valence-electron chi connectivity index (χ3n) is 1.81. The first kappa shape index (κ1) is 11.9. The quantitative estimate of drug-likeness (QED) is 0.683. The molecule has 0 N–H and O–H groups in total. The van der Waals surface area contributed by atoms with Gasteiger partial charge in [0.1, 0.15) is 12.1 Å². The van der Waals surface area contributed by atoms with Gasteiger partial charge in [-0.2, -0.15) is 10.4 Å². The van der Waals surface area contributed by atoms with Crippen molar-refractivity contribution >= 4 is 5.97 Å². The zero-order chi connectivity index (χ0) is 12.1. The van der Waals surface area contributed by atoms with Gasteiger partial charge < -0.3 is 4.74 Å². The smallest absolute Gasteiger partial charge is 0.343 e. The molecule has 6 nitrogen and oxygen atoms in total. The van der Waals surface area contributed by atoms with Crippen LogP contribution in [0.2, 0.25) is 0 Å². The summed E-state index contributed by atoms with van der Waals surface area (Å²) < 4.78 is 5.68. The minimum atomic E-state index is -0.690. The molecule has 0 saturated carbocycles. The molecule has 0 unspecified atom stereocenters. The molecule has 16 heavy (non-hydrogen) atoms. The summed E-state index contributed by atoms with van der Waals surface area (Å²) in [6.45, 7) is 3.29. The van der Waals surface area contributed by atoms with Crippen LogP contribution in [0.25, 0.3) is 0 Å². The fourth-order valence-electron chi connectivity index (χ4n) is 1.20. The maximum absolute atomic E-state index is 11.7. The minimum Gasteiger partial charge on any atom is -0.462 e. The number of rotatable bonds is 3. The van der Waals surface area contributed by atoms with Gasteiger partial charge in [0.25, 0.3) is 5.56 Å². The minimum absolute atomic E-state index is 0.0930. The Bertz CT molecular complexity index is 499. The van der Waals surface area contributed by atoms with Crippen LogP contribution in [-0.2, 0) is 11.3 Å². The molecule has 0 bridgehead atoms. The van der Waals surface area contributed by atoms with Gasteiger partial charge in [-0.15, -0.1) is 0 Å². The van der Waals surface area contributed by atoms with Gasteiger partial charge in [-0.25, -0.2) is 9.48 Å². The van der Waals surface area contributed by atoms with E-state index in [1.165, 1.54) is 6.07 Å². The molecule has 0 atom stereocenters. The molecule has 0 aromatic carbocycles. The Morgan fingerprint density at radius 3 is 2.94 bits per heavy atom. The van der Waals surface area contributed by atoms with E-state index < -0.39 is 11.5 Å². The highest BCUT2D eigenvalue weighted by Crippen LogP contribution is 1.98. The number of ether oxygens (including phenoxy) is 1. The van der Waals surface area contributed by atoms with Crippen molar-refractivity contribution in [1.29, 1.82) is 5.26 Å². The van der Waals surface area contributed by atoms with Crippen molar-refractivity contribution in [1.82, 2.24) is 9.78 Å². The molecule has 84 valence electrons. The lowest BCUT2D eigenvalue weighted by Crippen LogP contribution is -2.29. The van der Waals surface area contributed by atoms with Crippen LogP contribution in [0.4, 0.5) is 0 Å². The van der Waals surface area contributed by atoms with Crippen molar-refractivity contribution in [2.45, 2.75) is 20.4 Å². The van der Waals surface area contributed by atoms with Gasteiger partial charge >= 0.3 is 5.97 Å². The molecule has 0 radical (unpaired) electrons. The Hall–Kier alpha value is -2.16. The summed E-state index contributed by atoms with van der Waals surface area (Å²) in [6.07, 6.45) is 0. The summed E-state index contributed by atoms with van der Waals surface area (Å²) in [5.74, 6) is -0.690. The molecule has 0 amide bonds. The number of carbonyl (C=O) groups is 1. The highest BCUT2D eigenvalue weighted by atomic mass is 16.5. The number of nitrogens with zero attached hydrogens (tertiary/aromatic N) is 3. The normalized spacial score (nSPS) is 9.56. The van der Waals surface area contributed by atoms with Crippen molar-refractivity contribution in [3.05, 3.63) is 27.7 Å². The number of nitriles is 1. The van der Waals surface area contributed by atoms with Gasteiger partial charge in [0.2, 0.25) is 0 Å². The average Bonchev–Trinajstić information content (AvgIpc) is 2.23. The Morgan fingerprint density at radius 2 is 2.38 bits per heavy atom. The van der Waals surface area contributed by atoms with E-state index in [-0.39, 0.29) is 18.7 Å². The molecule has 0 aliphatic carbocycles. The van der Waals surface area contributed by atoms with Crippen LogP contribution in [0.3, 0.4) is 0 Å². The molecule has 0 saturated heterocycles. The van der Waals surface area contributed by atoms with Gasteiger partial charge in [0.05, 0.1) is 18.4 Å². The first-order chi connectivity index (χ1) is 7.60. The second-order valence-electron chi connectivity index (χ2n) is 3.04. The predicted octanol–water partition coefficient (Wildman–Crippen LogP) is 0.252. The SMILES string of the molecule is CCOC(=O)c1cc(C)nn(CC#N)c1=O. The molecule has 1 aromatic heterocycles. The fraction of sp³-hybridized carbons (Fsp3) is 0.400. The van der Waals surface area contributed by atoms with Gasteiger partial charge in [-0.1, -0.05) is 0 Å². The standard InChI is InChI=1S/C10H11N3O3/c1-3-16-10(15)8-6-7(2)12-13(5-4-11)9(8)14/h6H,3,5H2,1-2H3. The van der Waals surface area contributed by atoms with Gasteiger partial charge in [-0.05, 0) is 19.9 Å².